The number of hydrogen-bond acceptors (Lipinski definition) is 4. The molecule has 0 aliphatic rings. The quantitative estimate of drug-likeness (QED) is 0.521. The van der Waals surface area contributed by atoms with Crippen molar-refractivity contribution in [1.82, 2.24) is 15.6 Å². The second-order valence-electron chi connectivity index (χ2n) is 6.40. The van der Waals surface area contributed by atoms with E-state index < -0.39 is 0 Å². The van der Waals surface area contributed by atoms with Gasteiger partial charge in [-0.1, -0.05) is 43.3 Å². The number of aryl methyl sites for hydroxylation is 1. The summed E-state index contributed by atoms with van der Waals surface area (Å²) in [7, 11) is 3.97. The number of aromatic nitrogens is 2. The van der Waals surface area contributed by atoms with Crippen LogP contribution in [0.5, 0.6) is 0 Å². The number of benzene rings is 2. The molecule has 0 atom stereocenters. The molecule has 138 valence electrons. The monoisotopic (exact) mass is 361 g/mol. The first-order valence-electron chi connectivity index (χ1n) is 8.82. The lowest BCUT2D eigenvalue weighted by Gasteiger charge is -2.11. The molecule has 1 aromatic heterocycles. The minimum Gasteiger partial charge on any atom is -0.378 e. The zero-order valence-electron chi connectivity index (χ0n) is 15.7. The fourth-order valence-corrected chi connectivity index (χ4v) is 2.58. The fraction of sp³-hybridized carbons (Fsp3) is 0.190. The van der Waals surface area contributed by atoms with Crippen LogP contribution in [-0.2, 0) is 6.42 Å². The van der Waals surface area contributed by atoms with E-state index in [9.17, 15) is 4.79 Å². The van der Waals surface area contributed by atoms with Crippen molar-refractivity contribution < 1.29 is 4.79 Å². The van der Waals surface area contributed by atoms with E-state index in [0.717, 1.165) is 28.9 Å². The molecule has 0 radical (unpaired) electrons. The summed E-state index contributed by atoms with van der Waals surface area (Å²) in [6.45, 7) is 2.11. The number of rotatable bonds is 6. The van der Waals surface area contributed by atoms with Crippen molar-refractivity contribution in [1.29, 1.82) is 0 Å². The predicted molar refractivity (Wildman–Crippen MR) is 109 cm³/mol. The molecule has 0 unspecified atom stereocenters. The summed E-state index contributed by atoms with van der Waals surface area (Å²) in [6.07, 6.45) is 2.60. The van der Waals surface area contributed by atoms with Crippen LogP contribution in [0.3, 0.4) is 0 Å². The van der Waals surface area contributed by atoms with Gasteiger partial charge in [-0.05, 0) is 35.7 Å². The van der Waals surface area contributed by atoms with Gasteiger partial charge in [-0.3, -0.25) is 9.89 Å². The molecule has 0 saturated carbocycles. The highest BCUT2D eigenvalue weighted by atomic mass is 16.2. The summed E-state index contributed by atoms with van der Waals surface area (Å²) in [5.41, 5.74) is 7.85. The van der Waals surface area contributed by atoms with Crippen molar-refractivity contribution in [2.24, 2.45) is 5.10 Å². The Morgan fingerprint density at radius 2 is 1.85 bits per heavy atom. The Kier molecular flexibility index (Phi) is 5.66. The smallest absolute Gasteiger partial charge is 0.289 e. The van der Waals surface area contributed by atoms with Gasteiger partial charge in [-0.25, -0.2) is 5.43 Å². The maximum atomic E-state index is 12.2. The summed E-state index contributed by atoms with van der Waals surface area (Å²) in [6, 6.07) is 17.7. The number of aromatic amines is 1. The van der Waals surface area contributed by atoms with Crippen LogP contribution in [0.4, 0.5) is 5.69 Å². The molecule has 1 heterocycles. The van der Waals surface area contributed by atoms with Crippen LogP contribution in [0.2, 0.25) is 0 Å². The number of carbonyl (C=O) groups excluding carboxylic acids is 1. The average molecular weight is 361 g/mol. The van der Waals surface area contributed by atoms with Crippen LogP contribution in [0, 0.1) is 0 Å². The molecule has 3 rings (SSSR count). The summed E-state index contributed by atoms with van der Waals surface area (Å²) in [4.78, 5) is 14.2. The zero-order chi connectivity index (χ0) is 19.2. The van der Waals surface area contributed by atoms with E-state index in [1.807, 2.05) is 55.4 Å². The Morgan fingerprint density at radius 3 is 2.48 bits per heavy atom. The maximum absolute atomic E-state index is 12.2. The summed E-state index contributed by atoms with van der Waals surface area (Å²) < 4.78 is 0. The molecule has 27 heavy (non-hydrogen) atoms. The summed E-state index contributed by atoms with van der Waals surface area (Å²) in [5.74, 6) is -0.333. The van der Waals surface area contributed by atoms with Gasteiger partial charge in [-0.15, -0.1) is 0 Å². The van der Waals surface area contributed by atoms with Crippen LogP contribution in [-0.4, -0.2) is 36.4 Å². The van der Waals surface area contributed by atoms with E-state index in [-0.39, 0.29) is 5.91 Å². The first kappa shape index (κ1) is 18.4. The molecule has 3 aromatic rings. The Bertz CT molecular complexity index is 924. The number of H-pyrrole nitrogens is 1. The number of hydrogen-bond donors (Lipinski definition) is 2. The molecular formula is C21H23N5O. The van der Waals surface area contributed by atoms with Gasteiger partial charge >= 0.3 is 0 Å². The van der Waals surface area contributed by atoms with Crippen LogP contribution in [0.1, 0.15) is 28.5 Å². The van der Waals surface area contributed by atoms with Gasteiger partial charge in [-0.2, -0.15) is 10.2 Å². The molecule has 1 amide bonds. The van der Waals surface area contributed by atoms with Crippen LogP contribution < -0.4 is 10.3 Å². The third-order valence-corrected chi connectivity index (χ3v) is 4.27. The Hall–Kier alpha value is -3.41. The molecule has 2 aromatic carbocycles. The first-order chi connectivity index (χ1) is 13.1. The van der Waals surface area contributed by atoms with Gasteiger partial charge in [0.05, 0.1) is 11.9 Å². The Balaban J connectivity index is 1.62. The molecule has 0 fully saturated rings. The standard InChI is InChI=1S/C21H23N5O/c1-4-15-5-9-17(10-6-15)19-13-20(24-23-19)21(27)25-22-14-16-7-11-18(12-8-16)26(2)3/h5-14H,4H2,1-3H3,(H,23,24)(H,25,27). The van der Waals surface area contributed by atoms with E-state index in [4.69, 9.17) is 0 Å². The highest BCUT2D eigenvalue weighted by Crippen LogP contribution is 2.18. The van der Waals surface area contributed by atoms with Gasteiger partial charge in [0.15, 0.2) is 0 Å². The van der Waals surface area contributed by atoms with E-state index in [1.54, 1.807) is 12.3 Å². The fourth-order valence-electron chi connectivity index (χ4n) is 2.58. The summed E-state index contributed by atoms with van der Waals surface area (Å²) in [5, 5.41) is 11.0. The van der Waals surface area contributed by atoms with Crippen molar-refractivity contribution in [2.45, 2.75) is 13.3 Å². The van der Waals surface area contributed by atoms with Crippen LogP contribution in [0.25, 0.3) is 11.3 Å². The summed E-state index contributed by atoms with van der Waals surface area (Å²) >= 11 is 0. The van der Waals surface area contributed by atoms with Crippen molar-refractivity contribution >= 4 is 17.8 Å². The van der Waals surface area contributed by atoms with Gasteiger partial charge in [0.1, 0.15) is 5.69 Å². The van der Waals surface area contributed by atoms with Gasteiger partial charge < -0.3 is 4.90 Å². The molecule has 0 saturated heterocycles. The number of nitrogens with zero attached hydrogens (tertiary/aromatic N) is 3. The van der Waals surface area contributed by atoms with Gasteiger partial charge in [0.2, 0.25) is 0 Å². The molecule has 6 nitrogen and oxygen atoms in total. The normalized spacial score (nSPS) is 10.9. The second kappa shape index (κ2) is 8.31. The highest BCUT2D eigenvalue weighted by Gasteiger charge is 2.10. The number of amides is 1. The maximum Gasteiger partial charge on any atom is 0.289 e. The minimum absolute atomic E-state index is 0.333. The minimum atomic E-state index is -0.333. The van der Waals surface area contributed by atoms with E-state index in [1.165, 1.54) is 5.56 Å². The molecule has 0 aliphatic carbocycles. The molecule has 0 aliphatic heterocycles. The van der Waals surface area contributed by atoms with Crippen molar-refractivity contribution in [3.8, 4) is 11.3 Å². The lowest BCUT2D eigenvalue weighted by Crippen LogP contribution is -2.18. The number of anilines is 1. The predicted octanol–water partition coefficient (Wildman–Crippen LogP) is 3.47. The third kappa shape index (κ3) is 4.61. The topological polar surface area (TPSA) is 73.4 Å². The molecular weight excluding hydrogens is 338 g/mol. The first-order valence-corrected chi connectivity index (χ1v) is 8.82. The third-order valence-electron chi connectivity index (χ3n) is 4.27. The lowest BCUT2D eigenvalue weighted by atomic mass is 10.1. The Morgan fingerprint density at radius 1 is 1.15 bits per heavy atom. The van der Waals surface area contributed by atoms with Crippen molar-refractivity contribution in [3.05, 3.63) is 71.4 Å². The average Bonchev–Trinajstić information content (AvgIpc) is 3.19. The SMILES string of the molecule is CCc1ccc(-c2cc(C(=O)NN=Cc3ccc(N(C)C)cc3)[nH]n2)cc1. The van der Waals surface area contributed by atoms with E-state index in [2.05, 4.69) is 39.8 Å². The van der Waals surface area contributed by atoms with Gasteiger partial charge in [0, 0.05) is 25.3 Å². The number of hydrazone groups is 1. The van der Waals surface area contributed by atoms with Crippen LogP contribution >= 0.6 is 0 Å². The van der Waals surface area contributed by atoms with Crippen molar-refractivity contribution in [2.75, 3.05) is 19.0 Å². The zero-order valence-corrected chi connectivity index (χ0v) is 15.7. The highest BCUT2D eigenvalue weighted by molar-refractivity contribution is 5.94. The largest absolute Gasteiger partial charge is 0.378 e. The van der Waals surface area contributed by atoms with E-state index in [0.29, 0.717) is 5.69 Å². The van der Waals surface area contributed by atoms with Gasteiger partial charge in [0.25, 0.3) is 5.91 Å². The number of carbonyl (C=O) groups is 1. The second-order valence-corrected chi connectivity index (χ2v) is 6.40. The van der Waals surface area contributed by atoms with E-state index >= 15 is 0 Å². The lowest BCUT2D eigenvalue weighted by molar-refractivity contribution is 0.0950. The Labute approximate surface area is 158 Å². The molecule has 2 N–H and O–H groups in total. The molecule has 0 spiro atoms. The number of nitrogens with one attached hydrogen (secondary N) is 2. The van der Waals surface area contributed by atoms with Crippen LogP contribution in [0.15, 0.2) is 59.7 Å². The van der Waals surface area contributed by atoms with Crippen molar-refractivity contribution in [3.63, 3.8) is 0 Å². The molecule has 6 heteroatoms. The molecule has 0 bridgehead atoms.